The predicted molar refractivity (Wildman–Crippen MR) is 123 cm³/mol. The molecule has 0 spiro atoms. The number of rotatable bonds is 4. The van der Waals surface area contributed by atoms with Gasteiger partial charge in [-0.3, -0.25) is 9.59 Å². The Morgan fingerprint density at radius 2 is 1.91 bits per heavy atom. The first kappa shape index (κ1) is 22.4. The van der Waals surface area contributed by atoms with Gasteiger partial charge >= 0.3 is 11.7 Å². The Morgan fingerprint density at radius 3 is 2.58 bits per heavy atom. The Morgan fingerprint density at radius 1 is 1.18 bits per heavy atom. The fourth-order valence-electron chi connectivity index (χ4n) is 4.33. The van der Waals surface area contributed by atoms with Gasteiger partial charge in [-0.2, -0.15) is 0 Å². The van der Waals surface area contributed by atoms with E-state index in [1.54, 1.807) is 42.2 Å². The van der Waals surface area contributed by atoms with E-state index in [2.05, 4.69) is 11.9 Å². The van der Waals surface area contributed by atoms with E-state index in [1.807, 2.05) is 0 Å². The lowest BCUT2D eigenvalue weighted by molar-refractivity contribution is -0.133. The molecule has 0 bridgehead atoms. The average Bonchev–Trinajstić information content (AvgIpc) is 2.81. The summed E-state index contributed by atoms with van der Waals surface area (Å²) >= 11 is 0. The molecule has 4 rings (SSSR count). The molecule has 1 aliphatic heterocycles. The molecule has 2 aromatic heterocycles. The van der Waals surface area contributed by atoms with Crippen LogP contribution in [0.1, 0.15) is 35.8 Å². The Labute approximate surface area is 190 Å². The fraction of sp³-hybridized carbons (Fsp3) is 0.375. The van der Waals surface area contributed by atoms with E-state index < -0.39 is 23.8 Å². The number of carbonyl (C=O) groups excluding carboxylic acids is 2. The normalized spacial score (nSPS) is 16.1. The maximum absolute atomic E-state index is 13.5. The average molecular weight is 450 g/mol. The number of amides is 1. The van der Waals surface area contributed by atoms with Crippen molar-refractivity contribution in [2.45, 2.75) is 33.2 Å². The van der Waals surface area contributed by atoms with Gasteiger partial charge < -0.3 is 9.64 Å². The molecule has 0 saturated carbocycles. The quantitative estimate of drug-likeness (QED) is 0.563. The zero-order valence-corrected chi connectivity index (χ0v) is 18.9. The molecular formula is C24H26N4O5. The third-order valence-corrected chi connectivity index (χ3v) is 5.94. The van der Waals surface area contributed by atoms with Crippen molar-refractivity contribution in [2.24, 2.45) is 5.92 Å². The Hall–Kier alpha value is -3.75. The molecule has 33 heavy (non-hydrogen) atoms. The van der Waals surface area contributed by atoms with Gasteiger partial charge in [0.2, 0.25) is 5.91 Å². The minimum atomic E-state index is -0.742. The molecule has 0 aliphatic carbocycles. The van der Waals surface area contributed by atoms with Gasteiger partial charge in [-0.15, -0.1) is 0 Å². The lowest BCUT2D eigenvalue weighted by Gasteiger charge is -2.31. The van der Waals surface area contributed by atoms with Crippen molar-refractivity contribution >= 4 is 22.9 Å². The molecule has 1 atom stereocenters. The van der Waals surface area contributed by atoms with Gasteiger partial charge in [0, 0.05) is 18.8 Å². The van der Waals surface area contributed by atoms with E-state index in [4.69, 9.17) is 4.74 Å². The number of methoxy groups -OCH3 is 1. The van der Waals surface area contributed by atoms with Crippen molar-refractivity contribution in [2.75, 3.05) is 20.2 Å². The Bertz CT molecular complexity index is 1340. The number of hydrogen-bond donors (Lipinski definition) is 0. The predicted octanol–water partition coefficient (Wildman–Crippen LogP) is 1.90. The van der Waals surface area contributed by atoms with Crippen molar-refractivity contribution in [3.05, 3.63) is 68.5 Å². The number of para-hydroxylation sites is 1. The number of aryl methyl sites for hydroxylation is 1. The number of hydrogen-bond acceptors (Lipinski definition) is 6. The van der Waals surface area contributed by atoms with Crippen LogP contribution in [-0.2, 0) is 16.1 Å². The summed E-state index contributed by atoms with van der Waals surface area (Å²) in [4.78, 5) is 58.7. The summed E-state index contributed by atoms with van der Waals surface area (Å²) in [7, 11) is 1.22. The van der Waals surface area contributed by atoms with Crippen LogP contribution in [0.2, 0.25) is 0 Å². The van der Waals surface area contributed by atoms with Crippen molar-refractivity contribution in [3.8, 4) is 5.69 Å². The maximum atomic E-state index is 13.5. The monoisotopic (exact) mass is 450 g/mol. The molecule has 1 fully saturated rings. The summed E-state index contributed by atoms with van der Waals surface area (Å²) in [5.74, 6) is -0.668. The number of carbonyl (C=O) groups is 2. The van der Waals surface area contributed by atoms with Crippen LogP contribution in [0.25, 0.3) is 16.7 Å². The lowest BCUT2D eigenvalue weighted by atomic mass is 10.0. The summed E-state index contributed by atoms with van der Waals surface area (Å²) in [6.07, 6.45) is 1.91. The minimum Gasteiger partial charge on any atom is -0.465 e. The molecule has 1 amide bonds. The number of pyridine rings is 1. The zero-order chi connectivity index (χ0) is 23.7. The fourth-order valence-corrected chi connectivity index (χ4v) is 4.33. The maximum Gasteiger partial charge on any atom is 0.338 e. The summed E-state index contributed by atoms with van der Waals surface area (Å²) in [5, 5.41) is -0.0595. The van der Waals surface area contributed by atoms with Crippen LogP contribution >= 0.6 is 0 Å². The van der Waals surface area contributed by atoms with Gasteiger partial charge in [-0.25, -0.2) is 23.7 Å². The summed E-state index contributed by atoms with van der Waals surface area (Å²) in [6.45, 7) is 4.50. The second-order valence-electron chi connectivity index (χ2n) is 8.43. The third kappa shape index (κ3) is 4.18. The van der Waals surface area contributed by atoms with Gasteiger partial charge in [-0.1, -0.05) is 25.1 Å². The van der Waals surface area contributed by atoms with Crippen LogP contribution in [0.15, 0.2) is 46.0 Å². The molecule has 3 aromatic rings. The molecule has 9 heteroatoms. The molecule has 0 unspecified atom stereocenters. The van der Waals surface area contributed by atoms with Crippen LogP contribution in [0.5, 0.6) is 0 Å². The highest BCUT2D eigenvalue weighted by molar-refractivity contribution is 6.02. The zero-order valence-electron chi connectivity index (χ0n) is 18.9. The van der Waals surface area contributed by atoms with Crippen molar-refractivity contribution in [1.82, 2.24) is 19.0 Å². The number of likely N-dealkylation sites (tertiary alicyclic amines) is 1. The number of ether oxygens (including phenoxy) is 1. The number of nitrogens with zero attached hydrogens (tertiary/aromatic N) is 4. The number of aromatic nitrogens is 3. The van der Waals surface area contributed by atoms with E-state index >= 15 is 0 Å². The van der Waals surface area contributed by atoms with Gasteiger partial charge in [0.25, 0.3) is 5.56 Å². The second-order valence-corrected chi connectivity index (χ2v) is 8.43. The second kappa shape index (κ2) is 9.01. The van der Waals surface area contributed by atoms with Gasteiger partial charge in [0.15, 0.2) is 5.65 Å². The number of benzene rings is 1. The van der Waals surface area contributed by atoms with Crippen LogP contribution in [0.4, 0.5) is 0 Å². The van der Waals surface area contributed by atoms with Gasteiger partial charge in [-0.05, 0) is 43.9 Å². The van der Waals surface area contributed by atoms with E-state index in [1.165, 1.54) is 17.7 Å². The first-order valence-electron chi connectivity index (χ1n) is 10.9. The molecule has 172 valence electrons. The van der Waals surface area contributed by atoms with Crippen LogP contribution < -0.4 is 11.2 Å². The van der Waals surface area contributed by atoms with Crippen LogP contribution in [0.3, 0.4) is 0 Å². The summed E-state index contributed by atoms with van der Waals surface area (Å²) in [6, 6.07) is 10.2. The molecule has 9 nitrogen and oxygen atoms in total. The van der Waals surface area contributed by atoms with Crippen molar-refractivity contribution in [1.29, 1.82) is 0 Å². The van der Waals surface area contributed by atoms with E-state index in [9.17, 15) is 19.2 Å². The summed E-state index contributed by atoms with van der Waals surface area (Å²) < 4.78 is 7.04. The summed E-state index contributed by atoms with van der Waals surface area (Å²) in [5.41, 5.74) is -0.467. The molecule has 0 N–H and O–H groups in total. The standard InChI is InChI=1S/C24H26N4O5/c1-15-8-7-11-26(13-15)19(29)14-27-22(30)20-18(23(31)33-3)12-16(2)25-21(20)28(24(27)32)17-9-5-4-6-10-17/h4-6,9-10,12,15H,7-8,11,13-14H2,1-3H3/t15-/m1/s1. The first-order valence-corrected chi connectivity index (χ1v) is 10.9. The topological polar surface area (TPSA) is 104 Å². The number of esters is 1. The van der Waals surface area contributed by atoms with Gasteiger partial charge in [0.05, 0.1) is 23.7 Å². The van der Waals surface area contributed by atoms with Crippen LogP contribution in [0, 0.1) is 12.8 Å². The van der Waals surface area contributed by atoms with E-state index in [0.29, 0.717) is 30.4 Å². The molecule has 3 heterocycles. The molecule has 1 aromatic carbocycles. The number of piperidine rings is 1. The van der Waals surface area contributed by atoms with Crippen LogP contribution in [-0.4, -0.2) is 51.1 Å². The highest BCUT2D eigenvalue weighted by Crippen LogP contribution is 2.19. The highest BCUT2D eigenvalue weighted by Gasteiger charge is 2.26. The van der Waals surface area contributed by atoms with E-state index in [-0.39, 0.29) is 22.5 Å². The SMILES string of the molecule is COC(=O)c1cc(C)nc2c1c(=O)n(CC(=O)N1CCC[C@@H](C)C1)c(=O)n2-c1ccccc1. The number of fused-ring (bicyclic) bond motifs is 1. The highest BCUT2D eigenvalue weighted by atomic mass is 16.5. The molecule has 1 aliphatic rings. The van der Waals surface area contributed by atoms with Crippen molar-refractivity contribution in [3.63, 3.8) is 0 Å². The Kier molecular flexibility index (Phi) is 6.13. The van der Waals surface area contributed by atoms with Gasteiger partial charge in [0.1, 0.15) is 6.54 Å². The Balaban J connectivity index is 1.98. The third-order valence-electron chi connectivity index (χ3n) is 5.94. The largest absolute Gasteiger partial charge is 0.465 e. The smallest absolute Gasteiger partial charge is 0.338 e. The molecular weight excluding hydrogens is 424 g/mol. The molecule has 1 saturated heterocycles. The molecule has 0 radical (unpaired) electrons. The van der Waals surface area contributed by atoms with E-state index in [0.717, 1.165) is 17.4 Å². The van der Waals surface area contributed by atoms with Crippen molar-refractivity contribution < 1.29 is 14.3 Å². The first-order chi connectivity index (χ1) is 15.8. The minimum absolute atomic E-state index is 0.00229. The lowest BCUT2D eigenvalue weighted by Crippen LogP contribution is -2.47.